The van der Waals surface area contributed by atoms with Crippen molar-refractivity contribution in [3.8, 4) is 17.2 Å². The summed E-state index contributed by atoms with van der Waals surface area (Å²) in [5, 5.41) is 8.69. The fraction of sp³-hybridized carbons (Fsp3) is 0.176. The van der Waals surface area contributed by atoms with Crippen LogP contribution < -0.4 is 4.74 Å². The molecular formula is C17H15FN2O2S. The van der Waals surface area contributed by atoms with E-state index in [1.165, 1.54) is 23.9 Å². The summed E-state index contributed by atoms with van der Waals surface area (Å²) < 4.78 is 23.8. The van der Waals surface area contributed by atoms with E-state index in [1.54, 1.807) is 19.2 Å². The summed E-state index contributed by atoms with van der Waals surface area (Å²) in [6.07, 6.45) is 0. The number of nitrogens with zero attached hydrogens (tertiary/aromatic N) is 2. The molecular weight excluding hydrogens is 315 g/mol. The van der Waals surface area contributed by atoms with Gasteiger partial charge < -0.3 is 9.15 Å². The molecule has 2 aromatic carbocycles. The van der Waals surface area contributed by atoms with E-state index in [1.807, 2.05) is 31.2 Å². The van der Waals surface area contributed by atoms with Gasteiger partial charge in [-0.2, -0.15) is 0 Å². The molecule has 1 heterocycles. The van der Waals surface area contributed by atoms with Crippen molar-refractivity contribution in [1.82, 2.24) is 10.2 Å². The summed E-state index contributed by atoms with van der Waals surface area (Å²) in [7, 11) is 1.62. The third kappa shape index (κ3) is 3.71. The molecule has 23 heavy (non-hydrogen) atoms. The number of ether oxygens (including phenoxy) is 1. The smallest absolute Gasteiger partial charge is 0.277 e. The van der Waals surface area contributed by atoms with Crippen LogP contribution in [-0.4, -0.2) is 17.3 Å². The van der Waals surface area contributed by atoms with Crippen molar-refractivity contribution in [3.05, 3.63) is 59.9 Å². The minimum atomic E-state index is -0.245. The van der Waals surface area contributed by atoms with E-state index >= 15 is 0 Å². The van der Waals surface area contributed by atoms with Crippen molar-refractivity contribution in [3.63, 3.8) is 0 Å². The molecule has 118 valence electrons. The van der Waals surface area contributed by atoms with Crippen molar-refractivity contribution in [2.75, 3.05) is 7.11 Å². The number of aromatic nitrogens is 2. The average molecular weight is 330 g/mol. The van der Waals surface area contributed by atoms with Crippen molar-refractivity contribution in [1.29, 1.82) is 0 Å². The number of rotatable bonds is 5. The Labute approximate surface area is 137 Å². The summed E-state index contributed by atoms with van der Waals surface area (Å²) in [4.78, 5) is 0. The van der Waals surface area contributed by atoms with Gasteiger partial charge in [0.1, 0.15) is 11.6 Å². The molecule has 6 heteroatoms. The molecule has 0 bridgehead atoms. The average Bonchev–Trinajstić information content (AvgIpc) is 3.04. The molecule has 3 aromatic rings. The standard InChI is InChI=1S/C17H15FN2O2S/c1-11(12-3-7-14(18)8-4-12)23-17-20-19-16(22-17)13-5-9-15(21-2)10-6-13/h3-11H,1-2H3/t11-/m1/s1. The Morgan fingerprint density at radius 2 is 1.74 bits per heavy atom. The lowest BCUT2D eigenvalue weighted by Gasteiger charge is -2.08. The summed E-state index contributed by atoms with van der Waals surface area (Å²) in [6.45, 7) is 2.01. The van der Waals surface area contributed by atoms with Crippen molar-refractivity contribution < 1.29 is 13.5 Å². The van der Waals surface area contributed by atoms with Crippen molar-refractivity contribution in [2.45, 2.75) is 17.4 Å². The number of hydrogen-bond acceptors (Lipinski definition) is 5. The van der Waals surface area contributed by atoms with Gasteiger partial charge in [-0.05, 0) is 48.9 Å². The number of halogens is 1. The second-order valence-electron chi connectivity index (χ2n) is 4.91. The number of benzene rings is 2. The fourth-order valence-electron chi connectivity index (χ4n) is 2.06. The summed E-state index contributed by atoms with van der Waals surface area (Å²) in [6, 6.07) is 13.8. The number of thioether (sulfide) groups is 1. The van der Waals surface area contributed by atoms with Crippen LogP contribution in [0.2, 0.25) is 0 Å². The molecule has 1 atom stereocenters. The van der Waals surface area contributed by atoms with E-state index in [-0.39, 0.29) is 11.1 Å². The fourth-order valence-corrected chi connectivity index (χ4v) is 2.87. The Morgan fingerprint density at radius 1 is 1.04 bits per heavy atom. The maximum atomic E-state index is 13.0. The van der Waals surface area contributed by atoms with E-state index < -0.39 is 0 Å². The topological polar surface area (TPSA) is 48.2 Å². The van der Waals surface area contributed by atoms with E-state index in [4.69, 9.17) is 9.15 Å². The second kappa shape index (κ2) is 6.83. The molecule has 4 nitrogen and oxygen atoms in total. The first-order valence-electron chi connectivity index (χ1n) is 7.06. The van der Waals surface area contributed by atoms with Crippen LogP contribution >= 0.6 is 11.8 Å². The van der Waals surface area contributed by atoms with Crippen LogP contribution in [0.3, 0.4) is 0 Å². The Hall–Kier alpha value is -2.34. The van der Waals surface area contributed by atoms with Crippen molar-refractivity contribution in [2.24, 2.45) is 0 Å². The molecule has 0 unspecified atom stereocenters. The molecule has 0 aliphatic carbocycles. The van der Waals surface area contributed by atoms with Gasteiger partial charge in [0.15, 0.2) is 0 Å². The molecule has 0 radical (unpaired) electrons. The molecule has 0 saturated carbocycles. The van der Waals surface area contributed by atoms with Crippen LogP contribution in [0.15, 0.2) is 58.2 Å². The minimum absolute atomic E-state index is 0.0831. The molecule has 0 aliphatic heterocycles. The van der Waals surface area contributed by atoms with Gasteiger partial charge in [0, 0.05) is 10.8 Å². The Kier molecular flexibility index (Phi) is 4.62. The van der Waals surface area contributed by atoms with Crippen LogP contribution in [-0.2, 0) is 0 Å². The highest BCUT2D eigenvalue weighted by Crippen LogP contribution is 2.35. The van der Waals surface area contributed by atoms with Crippen molar-refractivity contribution >= 4 is 11.8 Å². The highest BCUT2D eigenvalue weighted by Gasteiger charge is 2.14. The Morgan fingerprint density at radius 3 is 2.39 bits per heavy atom. The largest absolute Gasteiger partial charge is 0.497 e. The van der Waals surface area contributed by atoms with E-state index in [0.717, 1.165) is 16.9 Å². The molecule has 0 spiro atoms. The lowest BCUT2D eigenvalue weighted by Crippen LogP contribution is -1.88. The monoisotopic (exact) mass is 330 g/mol. The van der Waals surface area contributed by atoms with Crippen LogP contribution in [0.4, 0.5) is 4.39 Å². The molecule has 0 fully saturated rings. The summed E-state index contributed by atoms with van der Waals surface area (Å²) in [5.41, 5.74) is 1.83. The maximum Gasteiger partial charge on any atom is 0.277 e. The molecule has 1 aromatic heterocycles. The third-order valence-corrected chi connectivity index (χ3v) is 4.35. The quantitative estimate of drug-likeness (QED) is 0.633. The SMILES string of the molecule is COc1ccc(-c2nnc(S[C@H](C)c3ccc(F)cc3)o2)cc1. The van der Waals surface area contributed by atoms with Gasteiger partial charge in [-0.25, -0.2) is 4.39 Å². The van der Waals surface area contributed by atoms with Gasteiger partial charge >= 0.3 is 0 Å². The summed E-state index contributed by atoms with van der Waals surface area (Å²) >= 11 is 1.44. The van der Waals surface area contributed by atoms with Gasteiger partial charge in [0.2, 0.25) is 5.89 Å². The van der Waals surface area contributed by atoms with Gasteiger partial charge in [0.05, 0.1) is 7.11 Å². The molecule has 0 aliphatic rings. The Balaban J connectivity index is 1.72. The van der Waals surface area contributed by atoms with Crippen LogP contribution in [0.1, 0.15) is 17.7 Å². The van der Waals surface area contributed by atoms with E-state index in [9.17, 15) is 4.39 Å². The lowest BCUT2D eigenvalue weighted by molar-refractivity contribution is 0.414. The van der Waals surface area contributed by atoms with E-state index in [0.29, 0.717) is 11.1 Å². The number of hydrogen-bond donors (Lipinski definition) is 0. The zero-order valence-corrected chi connectivity index (χ0v) is 13.5. The predicted molar refractivity (Wildman–Crippen MR) is 87.0 cm³/mol. The summed E-state index contributed by atoms with van der Waals surface area (Å²) in [5.74, 6) is 0.986. The molecule has 0 saturated heterocycles. The molecule has 3 rings (SSSR count). The van der Waals surface area contributed by atoms with Crippen LogP contribution in [0, 0.1) is 5.82 Å². The zero-order chi connectivity index (χ0) is 16.2. The first-order chi connectivity index (χ1) is 11.2. The molecule has 0 N–H and O–H groups in total. The van der Waals surface area contributed by atoms with Crippen LogP contribution in [0.25, 0.3) is 11.5 Å². The second-order valence-corrected chi connectivity index (χ2v) is 6.21. The predicted octanol–water partition coefficient (Wildman–Crippen LogP) is 4.74. The highest BCUT2D eigenvalue weighted by atomic mass is 32.2. The minimum Gasteiger partial charge on any atom is -0.497 e. The number of methoxy groups -OCH3 is 1. The van der Waals surface area contributed by atoms with Gasteiger partial charge in [-0.15, -0.1) is 10.2 Å². The van der Waals surface area contributed by atoms with Gasteiger partial charge in [-0.1, -0.05) is 23.9 Å². The highest BCUT2D eigenvalue weighted by molar-refractivity contribution is 7.99. The first-order valence-corrected chi connectivity index (χ1v) is 7.94. The maximum absolute atomic E-state index is 13.0. The normalized spacial score (nSPS) is 12.1. The van der Waals surface area contributed by atoms with Gasteiger partial charge in [-0.3, -0.25) is 0 Å². The molecule has 0 amide bonds. The first kappa shape index (κ1) is 15.6. The Bertz CT molecular complexity index is 772. The van der Waals surface area contributed by atoms with E-state index in [2.05, 4.69) is 10.2 Å². The van der Waals surface area contributed by atoms with Gasteiger partial charge in [0.25, 0.3) is 5.22 Å². The van der Waals surface area contributed by atoms with Crippen LogP contribution in [0.5, 0.6) is 5.75 Å². The zero-order valence-electron chi connectivity index (χ0n) is 12.7. The lowest BCUT2D eigenvalue weighted by atomic mass is 10.2. The third-order valence-electron chi connectivity index (χ3n) is 3.36.